The highest BCUT2D eigenvalue weighted by atomic mass is 19.1. The van der Waals surface area contributed by atoms with E-state index in [4.69, 9.17) is 0 Å². The molecule has 0 unspecified atom stereocenters. The van der Waals surface area contributed by atoms with Gasteiger partial charge in [0, 0.05) is 25.1 Å². The summed E-state index contributed by atoms with van der Waals surface area (Å²) in [4.78, 5) is 38.5. The van der Waals surface area contributed by atoms with Gasteiger partial charge in [-0.15, -0.1) is 0 Å². The largest absolute Gasteiger partial charge is 0.348 e. The van der Waals surface area contributed by atoms with E-state index in [2.05, 4.69) is 15.5 Å². The summed E-state index contributed by atoms with van der Waals surface area (Å²) in [5.41, 5.74) is 0.203. The van der Waals surface area contributed by atoms with Gasteiger partial charge in [0.1, 0.15) is 11.6 Å². The van der Waals surface area contributed by atoms with Gasteiger partial charge in [-0.2, -0.15) is 5.10 Å². The van der Waals surface area contributed by atoms with Crippen LogP contribution in [0.4, 0.5) is 4.39 Å². The number of H-pyrrole nitrogens is 1. The van der Waals surface area contributed by atoms with Crippen LogP contribution >= 0.6 is 0 Å². The number of likely N-dealkylation sites (tertiary alicyclic amines) is 1. The van der Waals surface area contributed by atoms with Gasteiger partial charge in [0.15, 0.2) is 0 Å². The third-order valence-corrected chi connectivity index (χ3v) is 5.71. The van der Waals surface area contributed by atoms with Gasteiger partial charge >= 0.3 is 5.69 Å². The lowest BCUT2D eigenvalue weighted by atomic mass is 9.93. The first-order valence-electron chi connectivity index (χ1n) is 10.5. The number of carbonyl (C=O) groups excluding carboxylic acids is 2. The number of hydrogen-bond acceptors (Lipinski definition) is 4. The van der Waals surface area contributed by atoms with Crippen molar-refractivity contribution in [2.45, 2.75) is 19.3 Å². The van der Waals surface area contributed by atoms with Crippen LogP contribution in [0.15, 0.2) is 59.4 Å². The molecule has 2 aromatic carbocycles. The molecule has 0 spiro atoms. The number of halogens is 1. The Kier molecular flexibility index (Phi) is 6.44. The van der Waals surface area contributed by atoms with E-state index in [0.717, 1.165) is 12.8 Å². The predicted octanol–water partition coefficient (Wildman–Crippen LogP) is 1.91. The van der Waals surface area contributed by atoms with Crippen molar-refractivity contribution >= 4 is 11.8 Å². The summed E-state index contributed by atoms with van der Waals surface area (Å²) in [6, 6.07) is 14.8. The zero-order valence-corrected chi connectivity index (χ0v) is 17.5. The molecule has 1 aliphatic heterocycles. The number of benzene rings is 2. The van der Waals surface area contributed by atoms with Gasteiger partial charge in [-0.3, -0.25) is 9.59 Å². The zero-order valence-electron chi connectivity index (χ0n) is 17.5. The van der Waals surface area contributed by atoms with Crippen molar-refractivity contribution in [3.63, 3.8) is 0 Å². The van der Waals surface area contributed by atoms with Gasteiger partial charge in [-0.25, -0.2) is 18.9 Å². The molecule has 2 N–H and O–H groups in total. The molecule has 9 heteroatoms. The zero-order chi connectivity index (χ0) is 22.5. The maximum Gasteiger partial charge on any atom is 0.348 e. The summed E-state index contributed by atoms with van der Waals surface area (Å²) in [5.74, 6) is -0.219. The fraction of sp³-hybridized carbons (Fsp3) is 0.304. The summed E-state index contributed by atoms with van der Waals surface area (Å²) >= 11 is 0. The minimum absolute atomic E-state index is 0.0510. The smallest absolute Gasteiger partial charge is 0.343 e. The average molecular weight is 437 g/mol. The molecule has 1 aliphatic rings. The van der Waals surface area contributed by atoms with Gasteiger partial charge in [0.05, 0.1) is 12.2 Å². The molecule has 32 heavy (non-hydrogen) atoms. The molecular weight excluding hydrogens is 413 g/mol. The highest BCUT2D eigenvalue weighted by molar-refractivity contribution is 5.96. The van der Waals surface area contributed by atoms with Gasteiger partial charge in [0.25, 0.3) is 5.91 Å². The normalized spacial score (nSPS) is 14.3. The van der Waals surface area contributed by atoms with Gasteiger partial charge < -0.3 is 10.2 Å². The van der Waals surface area contributed by atoms with Crippen molar-refractivity contribution in [1.29, 1.82) is 0 Å². The Labute approximate surface area is 184 Å². The number of piperidine rings is 1. The number of carbonyl (C=O) groups is 2. The molecule has 1 aromatic heterocycles. The number of nitrogens with zero attached hydrogens (tertiary/aromatic N) is 3. The lowest BCUT2D eigenvalue weighted by Crippen LogP contribution is -2.44. The second-order valence-electron chi connectivity index (χ2n) is 7.81. The van der Waals surface area contributed by atoms with Crippen LogP contribution in [-0.4, -0.2) is 51.1 Å². The number of amides is 2. The molecule has 3 aromatic rings. The summed E-state index contributed by atoms with van der Waals surface area (Å²) in [6.07, 6.45) is 1.97. The monoisotopic (exact) mass is 437 g/mol. The highest BCUT2D eigenvalue weighted by Gasteiger charge is 2.25. The quantitative estimate of drug-likeness (QED) is 0.615. The summed E-state index contributed by atoms with van der Waals surface area (Å²) < 4.78 is 15.5. The second-order valence-corrected chi connectivity index (χ2v) is 7.81. The molecular formula is C23H24FN5O3. The number of aromatic nitrogens is 3. The van der Waals surface area contributed by atoms with Crippen LogP contribution in [-0.2, 0) is 11.2 Å². The summed E-state index contributed by atoms with van der Waals surface area (Å²) in [6.45, 7) is 1.06. The molecule has 1 fully saturated rings. The van der Waals surface area contributed by atoms with E-state index in [0.29, 0.717) is 30.9 Å². The van der Waals surface area contributed by atoms with E-state index in [9.17, 15) is 18.8 Å². The molecule has 0 bridgehead atoms. The Morgan fingerprint density at radius 1 is 1.06 bits per heavy atom. The van der Waals surface area contributed by atoms with Crippen LogP contribution in [0.25, 0.3) is 5.69 Å². The van der Waals surface area contributed by atoms with Crippen LogP contribution in [0.1, 0.15) is 29.0 Å². The van der Waals surface area contributed by atoms with E-state index in [1.807, 2.05) is 6.07 Å². The topological polar surface area (TPSA) is 100 Å². The number of nitrogens with one attached hydrogen (secondary N) is 2. The third kappa shape index (κ3) is 4.77. The van der Waals surface area contributed by atoms with Crippen molar-refractivity contribution in [1.82, 2.24) is 25.0 Å². The van der Waals surface area contributed by atoms with E-state index in [1.165, 1.54) is 10.6 Å². The van der Waals surface area contributed by atoms with Crippen molar-refractivity contribution in [3.05, 3.63) is 82.3 Å². The number of aromatic amines is 1. The molecule has 0 saturated carbocycles. The van der Waals surface area contributed by atoms with E-state index in [-0.39, 0.29) is 30.0 Å². The number of rotatable bonds is 6. The van der Waals surface area contributed by atoms with Gasteiger partial charge in [-0.05, 0) is 43.0 Å². The Morgan fingerprint density at radius 3 is 2.47 bits per heavy atom. The molecule has 4 rings (SSSR count). The summed E-state index contributed by atoms with van der Waals surface area (Å²) in [5, 5.41) is 9.16. The molecule has 0 aliphatic carbocycles. The average Bonchev–Trinajstić information content (AvgIpc) is 3.18. The Hall–Kier alpha value is -3.75. The molecule has 1 saturated heterocycles. The standard InChI is InChI=1S/C23H24FN5O3/c24-18-8-4-5-9-19(18)29-20(26-27-23(29)32)14-16-10-12-28(13-11-16)21(30)15-25-22(31)17-6-2-1-3-7-17/h1-9,16H,10-15H2,(H,25,31)(H,27,32). The fourth-order valence-electron chi connectivity index (χ4n) is 3.95. The molecule has 166 valence electrons. The Bertz CT molecular complexity index is 1150. The number of para-hydroxylation sites is 1. The Morgan fingerprint density at radius 2 is 1.75 bits per heavy atom. The van der Waals surface area contributed by atoms with Crippen LogP contribution in [0.2, 0.25) is 0 Å². The lowest BCUT2D eigenvalue weighted by Gasteiger charge is -2.32. The second kappa shape index (κ2) is 9.59. The van der Waals surface area contributed by atoms with Crippen LogP contribution in [0.5, 0.6) is 0 Å². The first-order valence-corrected chi connectivity index (χ1v) is 10.5. The third-order valence-electron chi connectivity index (χ3n) is 5.71. The van der Waals surface area contributed by atoms with Crippen molar-refractivity contribution in [3.8, 4) is 5.69 Å². The van der Waals surface area contributed by atoms with Crippen LogP contribution in [0.3, 0.4) is 0 Å². The minimum Gasteiger partial charge on any atom is -0.343 e. The van der Waals surface area contributed by atoms with Crippen molar-refractivity contribution in [2.24, 2.45) is 5.92 Å². The van der Waals surface area contributed by atoms with Crippen molar-refractivity contribution < 1.29 is 14.0 Å². The number of hydrogen-bond donors (Lipinski definition) is 2. The fourth-order valence-corrected chi connectivity index (χ4v) is 3.95. The van der Waals surface area contributed by atoms with E-state index in [1.54, 1.807) is 47.4 Å². The van der Waals surface area contributed by atoms with Crippen LogP contribution < -0.4 is 11.0 Å². The Balaban J connectivity index is 1.31. The lowest BCUT2D eigenvalue weighted by molar-refractivity contribution is -0.131. The predicted molar refractivity (Wildman–Crippen MR) is 116 cm³/mol. The first kappa shape index (κ1) is 21.5. The van der Waals surface area contributed by atoms with Gasteiger partial charge in [0.2, 0.25) is 5.91 Å². The molecule has 2 amide bonds. The van der Waals surface area contributed by atoms with E-state index >= 15 is 0 Å². The summed E-state index contributed by atoms with van der Waals surface area (Å²) in [7, 11) is 0. The highest BCUT2D eigenvalue weighted by Crippen LogP contribution is 2.22. The first-order chi connectivity index (χ1) is 15.5. The molecule has 0 radical (unpaired) electrons. The maximum absolute atomic E-state index is 14.2. The SMILES string of the molecule is O=C(NCC(=O)N1CCC(Cc2n[nH]c(=O)n2-c2ccccc2F)CC1)c1ccccc1. The van der Waals surface area contributed by atoms with Crippen molar-refractivity contribution in [2.75, 3.05) is 19.6 Å². The molecule has 2 heterocycles. The van der Waals surface area contributed by atoms with E-state index < -0.39 is 11.5 Å². The minimum atomic E-state index is -0.491. The molecule has 8 nitrogen and oxygen atoms in total. The maximum atomic E-state index is 14.2. The molecule has 0 atom stereocenters. The van der Waals surface area contributed by atoms with Gasteiger partial charge in [-0.1, -0.05) is 30.3 Å². The van der Waals surface area contributed by atoms with Crippen LogP contribution in [0, 0.1) is 11.7 Å².